The first-order valence-electron chi connectivity index (χ1n) is 7.14. The van der Waals surface area contributed by atoms with Crippen molar-refractivity contribution in [2.45, 2.75) is 26.5 Å². The summed E-state index contributed by atoms with van der Waals surface area (Å²) in [5.74, 6) is 0.204. The molecular weight excluding hydrogens is 256 g/mol. The van der Waals surface area contributed by atoms with Gasteiger partial charge in [-0.25, -0.2) is 0 Å². The Morgan fingerprint density at radius 1 is 1.65 bits per heavy atom. The molecule has 1 amide bonds. The van der Waals surface area contributed by atoms with E-state index in [0.29, 0.717) is 32.8 Å². The summed E-state index contributed by atoms with van der Waals surface area (Å²) in [7, 11) is 1.87. The molecule has 20 heavy (non-hydrogen) atoms. The first-order valence-corrected chi connectivity index (χ1v) is 7.14. The predicted molar refractivity (Wildman–Crippen MR) is 76.4 cm³/mol. The Morgan fingerprint density at radius 3 is 3.10 bits per heavy atom. The van der Waals surface area contributed by atoms with E-state index in [1.54, 1.807) is 0 Å². The van der Waals surface area contributed by atoms with Gasteiger partial charge in [-0.2, -0.15) is 5.10 Å². The summed E-state index contributed by atoms with van der Waals surface area (Å²) >= 11 is 0. The molecule has 2 atom stereocenters. The van der Waals surface area contributed by atoms with Gasteiger partial charge >= 0.3 is 0 Å². The molecule has 1 saturated heterocycles. The smallest absolute Gasteiger partial charge is 0.226 e. The average Bonchev–Trinajstić information content (AvgIpc) is 2.84. The quantitative estimate of drug-likeness (QED) is 0.841. The van der Waals surface area contributed by atoms with Gasteiger partial charge in [-0.05, 0) is 19.5 Å². The maximum absolute atomic E-state index is 12.3. The summed E-state index contributed by atoms with van der Waals surface area (Å²) < 4.78 is 7.62. The van der Waals surface area contributed by atoms with Crippen molar-refractivity contribution >= 4 is 5.91 Å². The van der Waals surface area contributed by atoms with Crippen LogP contribution < -0.4 is 5.32 Å². The van der Waals surface area contributed by atoms with Crippen LogP contribution in [-0.4, -0.2) is 60.0 Å². The normalized spacial score (nSPS) is 20.9. The largest absolute Gasteiger partial charge is 0.373 e. The third-order valence-electron chi connectivity index (χ3n) is 3.54. The van der Waals surface area contributed by atoms with Crippen LogP contribution in [0.4, 0.5) is 0 Å². The molecule has 112 valence electrons. The van der Waals surface area contributed by atoms with Crippen LogP contribution >= 0.6 is 0 Å². The molecule has 0 spiro atoms. The minimum Gasteiger partial charge on any atom is -0.373 e. The van der Waals surface area contributed by atoms with Crippen LogP contribution in [0.2, 0.25) is 0 Å². The molecule has 0 bridgehead atoms. The van der Waals surface area contributed by atoms with Crippen LogP contribution in [0.1, 0.15) is 12.5 Å². The van der Waals surface area contributed by atoms with Crippen molar-refractivity contribution in [1.82, 2.24) is 20.0 Å². The molecule has 2 heterocycles. The maximum Gasteiger partial charge on any atom is 0.226 e. The third-order valence-corrected chi connectivity index (χ3v) is 3.54. The average molecular weight is 280 g/mol. The molecule has 1 aromatic heterocycles. The SMILES string of the molecule is CNCC(C)C(=O)N1CCOC(Cn2cc(C)cn2)C1. The molecule has 1 aliphatic heterocycles. The number of aromatic nitrogens is 2. The van der Waals surface area contributed by atoms with E-state index in [2.05, 4.69) is 10.4 Å². The number of rotatable bonds is 5. The van der Waals surface area contributed by atoms with Gasteiger partial charge in [0, 0.05) is 31.7 Å². The van der Waals surface area contributed by atoms with Crippen molar-refractivity contribution in [3.63, 3.8) is 0 Å². The number of carbonyl (C=O) groups is 1. The van der Waals surface area contributed by atoms with Gasteiger partial charge in [0.2, 0.25) is 5.91 Å². The molecular formula is C14H24N4O2. The summed E-state index contributed by atoms with van der Waals surface area (Å²) in [4.78, 5) is 14.2. The highest BCUT2D eigenvalue weighted by Gasteiger charge is 2.27. The van der Waals surface area contributed by atoms with E-state index in [1.165, 1.54) is 0 Å². The zero-order chi connectivity index (χ0) is 14.5. The minimum atomic E-state index is 0.00528. The van der Waals surface area contributed by atoms with E-state index in [0.717, 1.165) is 5.56 Å². The van der Waals surface area contributed by atoms with Crippen molar-refractivity contribution in [2.24, 2.45) is 5.92 Å². The van der Waals surface area contributed by atoms with Crippen LogP contribution in [-0.2, 0) is 16.1 Å². The van der Waals surface area contributed by atoms with Crippen LogP contribution in [0.15, 0.2) is 12.4 Å². The number of morpholine rings is 1. The van der Waals surface area contributed by atoms with Gasteiger partial charge in [-0.3, -0.25) is 9.48 Å². The second kappa shape index (κ2) is 6.85. The van der Waals surface area contributed by atoms with Crippen LogP contribution in [0, 0.1) is 12.8 Å². The number of carbonyl (C=O) groups excluding carboxylic acids is 1. The summed E-state index contributed by atoms with van der Waals surface area (Å²) in [5, 5.41) is 7.32. The maximum atomic E-state index is 12.3. The summed E-state index contributed by atoms with van der Waals surface area (Å²) in [5.41, 5.74) is 1.14. The number of hydrogen-bond donors (Lipinski definition) is 1. The van der Waals surface area contributed by atoms with Gasteiger partial charge in [-0.15, -0.1) is 0 Å². The van der Waals surface area contributed by atoms with Gasteiger partial charge < -0.3 is 15.0 Å². The fraction of sp³-hybridized carbons (Fsp3) is 0.714. The Bertz CT molecular complexity index is 446. The highest BCUT2D eigenvalue weighted by atomic mass is 16.5. The van der Waals surface area contributed by atoms with Gasteiger partial charge in [0.05, 0.1) is 25.5 Å². The van der Waals surface area contributed by atoms with Gasteiger partial charge in [0.15, 0.2) is 0 Å². The Morgan fingerprint density at radius 2 is 2.45 bits per heavy atom. The zero-order valence-electron chi connectivity index (χ0n) is 12.5. The molecule has 1 aromatic rings. The number of amides is 1. The summed E-state index contributed by atoms with van der Waals surface area (Å²) in [6.45, 7) is 7.30. The summed E-state index contributed by atoms with van der Waals surface area (Å²) in [6, 6.07) is 0. The second-order valence-corrected chi connectivity index (χ2v) is 5.48. The molecule has 2 unspecified atom stereocenters. The van der Waals surface area contributed by atoms with E-state index in [-0.39, 0.29) is 17.9 Å². The second-order valence-electron chi connectivity index (χ2n) is 5.48. The van der Waals surface area contributed by atoms with Crippen molar-refractivity contribution in [3.05, 3.63) is 18.0 Å². The van der Waals surface area contributed by atoms with Gasteiger partial charge in [-0.1, -0.05) is 6.92 Å². The predicted octanol–water partition coefficient (Wildman–Crippen LogP) is 0.274. The van der Waals surface area contributed by atoms with E-state index < -0.39 is 0 Å². The van der Waals surface area contributed by atoms with Crippen LogP contribution in [0.25, 0.3) is 0 Å². The topological polar surface area (TPSA) is 59.4 Å². The first kappa shape index (κ1) is 15.0. The highest BCUT2D eigenvalue weighted by Crippen LogP contribution is 2.11. The molecule has 0 aromatic carbocycles. The fourth-order valence-electron chi connectivity index (χ4n) is 2.51. The lowest BCUT2D eigenvalue weighted by atomic mass is 10.1. The van der Waals surface area contributed by atoms with Crippen molar-refractivity contribution < 1.29 is 9.53 Å². The number of ether oxygens (including phenoxy) is 1. The lowest BCUT2D eigenvalue weighted by molar-refractivity contribution is -0.143. The summed E-state index contributed by atoms with van der Waals surface area (Å²) in [6.07, 6.45) is 3.85. The molecule has 2 rings (SSSR count). The van der Waals surface area contributed by atoms with Gasteiger partial charge in [0.1, 0.15) is 0 Å². The zero-order valence-corrected chi connectivity index (χ0v) is 12.5. The minimum absolute atomic E-state index is 0.00528. The van der Waals surface area contributed by atoms with Crippen molar-refractivity contribution in [3.8, 4) is 0 Å². The molecule has 1 fully saturated rings. The number of aryl methyl sites for hydroxylation is 1. The third kappa shape index (κ3) is 3.80. The number of nitrogens with one attached hydrogen (secondary N) is 1. The Hall–Kier alpha value is -1.40. The van der Waals surface area contributed by atoms with Crippen molar-refractivity contribution in [2.75, 3.05) is 33.3 Å². The lowest BCUT2D eigenvalue weighted by Crippen LogP contribution is -2.49. The molecule has 0 saturated carbocycles. The molecule has 1 N–H and O–H groups in total. The molecule has 6 heteroatoms. The van der Waals surface area contributed by atoms with Crippen LogP contribution in [0.5, 0.6) is 0 Å². The van der Waals surface area contributed by atoms with Crippen molar-refractivity contribution in [1.29, 1.82) is 0 Å². The van der Waals surface area contributed by atoms with E-state index in [4.69, 9.17) is 4.74 Å². The van der Waals surface area contributed by atoms with E-state index >= 15 is 0 Å². The monoisotopic (exact) mass is 280 g/mol. The Kier molecular flexibility index (Phi) is 5.14. The molecule has 0 aliphatic carbocycles. The molecule has 1 aliphatic rings. The molecule has 6 nitrogen and oxygen atoms in total. The number of hydrogen-bond acceptors (Lipinski definition) is 4. The highest BCUT2D eigenvalue weighted by molar-refractivity contribution is 5.78. The Labute approximate surface area is 120 Å². The van der Waals surface area contributed by atoms with Gasteiger partial charge in [0.25, 0.3) is 0 Å². The first-order chi connectivity index (χ1) is 9.60. The van der Waals surface area contributed by atoms with E-state index in [1.807, 2.05) is 42.9 Å². The standard InChI is InChI=1S/C14H24N4O2/c1-11-6-16-18(8-11)10-13-9-17(4-5-20-13)14(19)12(2)7-15-3/h6,8,12-13,15H,4-5,7,9-10H2,1-3H3. The molecule has 0 radical (unpaired) electrons. The lowest BCUT2D eigenvalue weighted by Gasteiger charge is -2.34. The number of nitrogens with zero attached hydrogens (tertiary/aromatic N) is 3. The fourth-order valence-corrected chi connectivity index (χ4v) is 2.51. The van der Waals surface area contributed by atoms with E-state index in [9.17, 15) is 4.79 Å². The van der Waals surface area contributed by atoms with Crippen LogP contribution in [0.3, 0.4) is 0 Å². The Balaban J connectivity index is 1.89.